The van der Waals surface area contributed by atoms with Crippen LogP contribution < -0.4 is 10.5 Å². The molecule has 0 fully saturated rings. The van der Waals surface area contributed by atoms with Crippen LogP contribution in [0.1, 0.15) is 11.1 Å². The second-order valence-corrected chi connectivity index (χ2v) is 4.06. The summed E-state index contributed by atoms with van der Waals surface area (Å²) in [5, 5.41) is 0. The number of hydrogen-bond donors (Lipinski definition) is 1. The predicted molar refractivity (Wildman–Crippen MR) is 74.6 cm³/mol. The Hall–Kier alpha value is -2.29. The van der Waals surface area contributed by atoms with Crippen LogP contribution in [-0.4, -0.2) is 12.9 Å². The minimum atomic E-state index is 0.501. The number of rotatable bonds is 3. The van der Waals surface area contributed by atoms with E-state index in [1.165, 1.54) is 5.56 Å². The van der Waals surface area contributed by atoms with E-state index < -0.39 is 0 Å². The molecule has 0 atom stereocenters. The van der Waals surface area contributed by atoms with E-state index in [2.05, 4.69) is 4.99 Å². The zero-order valence-electron chi connectivity index (χ0n) is 10.6. The Balaban J connectivity index is 2.23. The first-order valence-electron chi connectivity index (χ1n) is 5.74. The highest BCUT2D eigenvalue weighted by Gasteiger charge is 1.99. The Morgan fingerprint density at radius 1 is 1.00 bits per heavy atom. The molecule has 0 aliphatic heterocycles. The maximum absolute atomic E-state index is 5.97. The summed E-state index contributed by atoms with van der Waals surface area (Å²) in [5.74, 6) is 1.31. The number of amidine groups is 1. The van der Waals surface area contributed by atoms with Crippen molar-refractivity contribution < 1.29 is 4.74 Å². The second kappa shape index (κ2) is 5.36. The van der Waals surface area contributed by atoms with E-state index in [0.717, 1.165) is 17.0 Å². The van der Waals surface area contributed by atoms with Crippen LogP contribution in [0.25, 0.3) is 0 Å². The number of benzene rings is 2. The van der Waals surface area contributed by atoms with Crippen molar-refractivity contribution in [2.24, 2.45) is 10.7 Å². The van der Waals surface area contributed by atoms with Gasteiger partial charge in [-0.15, -0.1) is 0 Å². The van der Waals surface area contributed by atoms with Gasteiger partial charge in [0, 0.05) is 5.56 Å². The van der Waals surface area contributed by atoms with Crippen LogP contribution in [0.2, 0.25) is 0 Å². The number of aliphatic imine (C=N–C) groups is 1. The Labute approximate surface area is 107 Å². The van der Waals surface area contributed by atoms with Gasteiger partial charge in [-0.2, -0.15) is 0 Å². The van der Waals surface area contributed by atoms with E-state index in [0.29, 0.717) is 5.84 Å². The first-order valence-corrected chi connectivity index (χ1v) is 5.74. The zero-order valence-corrected chi connectivity index (χ0v) is 10.6. The summed E-state index contributed by atoms with van der Waals surface area (Å²) >= 11 is 0. The van der Waals surface area contributed by atoms with Crippen LogP contribution in [0.4, 0.5) is 5.69 Å². The molecule has 0 radical (unpaired) electrons. The molecule has 0 spiro atoms. The number of nitrogens with two attached hydrogens (primary N) is 1. The Morgan fingerprint density at radius 2 is 1.61 bits per heavy atom. The first kappa shape index (κ1) is 12.2. The van der Waals surface area contributed by atoms with Gasteiger partial charge in [0.1, 0.15) is 11.6 Å². The van der Waals surface area contributed by atoms with Crippen LogP contribution in [0, 0.1) is 6.92 Å². The third-order valence-corrected chi connectivity index (χ3v) is 2.67. The van der Waals surface area contributed by atoms with Crippen molar-refractivity contribution in [3.05, 3.63) is 59.7 Å². The first-order chi connectivity index (χ1) is 8.69. The fraction of sp³-hybridized carbons (Fsp3) is 0.133. The molecule has 0 amide bonds. The van der Waals surface area contributed by atoms with Crippen molar-refractivity contribution in [1.82, 2.24) is 0 Å². The number of hydrogen-bond acceptors (Lipinski definition) is 2. The number of nitrogens with zero attached hydrogens (tertiary/aromatic N) is 1. The van der Waals surface area contributed by atoms with Gasteiger partial charge in [0.2, 0.25) is 0 Å². The Bertz CT molecular complexity index is 542. The highest BCUT2D eigenvalue weighted by atomic mass is 16.5. The molecule has 0 unspecified atom stereocenters. The van der Waals surface area contributed by atoms with Crippen LogP contribution in [0.3, 0.4) is 0 Å². The van der Waals surface area contributed by atoms with Gasteiger partial charge in [0.05, 0.1) is 12.8 Å². The molecule has 0 aliphatic rings. The van der Waals surface area contributed by atoms with Gasteiger partial charge in [0.15, 0.2) is 0 Å². The fourth-order valence-electron chi connectivity index (χ4n) is 1.58. The smallest absolute Gasteiger partial charge is 0.131 e. The van der Waals surface area contributed by atoms with Crippen molar-refractivity contribution >= 4 is 11.5 Å². The third-order valence-electron chi connectivity index (χ3n) is 2.67. The highest BCUT2D eigenvalue weighted by Crippen LogP contribution is 2.15. The minimum absolute atomic E-state index is 0.501. The van der Waals surface area contributed by atoms with Crippen LogP contribution >= 0.6 is 0 Å². The van der Waals surface area contributed by atoms with Crippen LogP contribution in [-0.2, 0) is 0 Å². The van der Waals surface area contributed by atoms with E-state index in [4.69, 9.17) is 10.5 Å². The number of ether oxygens (including phenoxy) is 1. The minimum Gasteiger partial charge on any atom is -0.497 e. The molecule has 2 aromatic carbocycles. The fourth-order valence-corrected chi connectivity index (χ4v) is 1.58. The molecule has 2 aromatic rings. The second-order valence-electron chi connectivity index (χ2n) is 4.06. The standard InChI is InChI=1S/C15H16N2O/c1-11-3-7-13(8-4-11)17-15(16)12-5-9-14(18-2)10-6-12/h3-10H,1-2H3,(H2,16,17). The summed E-state index contributed by atoms with van der Waals surface area (Å²) in [5.41, 5.74) is 8.91. The van der Waals surface area contributed by atoms with E-state index in [-0.39, 0.29) is 0 Å². The van der Waals surface area contributed by atoms with E-state index in [9.17, 15) is 0 Å². The molecular formula is C15H16N2O. The van der Waals surface area contributed by atoms with Gasteiger partial charge < -0.3 is 10.5 Å². The molecule has 18 heavy (non-hydrogen) atoms. The van der Waals surface area contributed by atoms with Crippen LogP contribution in [0.15, 0.2) is 53.5 Å². The molecule has 92 valence electrons. The maximum Gasteiger partial charge on any atom is 0.131 e. The number of methoxy groups -OCH3 is 1. The van der Waals surface area contributed by atoms with Crippen molar-refractivity contribution in [2.75, 3.05) is 7.11 Å². The normalized spacial score (nSPS) is 11.3. The van der Waals surface area contributed by atoms with Gasteiger partial charge in [-0.1, -0.05) is 17.7 Å². The van der Waals surface area contributed by atoms with Gasteiger partial charge in [0.25, 0.3) is 0 Å². The quantitative estimate of drug-likeness (QED) is 0.662. The summed E-state index contributed by atoms with van der Waals surface area (Å²) in [6, 6.07) is 15.5. The topological polar surface area (TPSA) is 47.6 Å². The SMILES string of the molecule is COc1ccc(C(N)=Nc2ccc(C)cc2)cc1. The number of aryl methyl sites for hydroxylation is 1. The average Bonchev–Trinajstić information content (AvgIpc) is 2.41. The van der Waals surface area contributed by atoms with E-state index in [1.807, 2.05) is 55.5 Å². The molecule has 0 aliphatic carbocycles. The molecule has 0 saturated carbocycles. The average molecular weight is 240 g/mol. The molecule has 0 heterocycles. The van der Waals surface area contributed by atoms with E-state index in [1.54, 1.807) is 7.11 Å². The Morgan fingerprint density at radius 3 is 2.17 bits per heavy atom. The van der Waals surface area contributed by atoms with E-state index >= 15 is 0 Å². The van der Waals surface area contributed by atoms with Gasteiger partial charge in [-0.25, -0.2) is 4.99 Å². The Kier molecular flexibility index (Phi) is 3.63. The summed E-state index contributed by atoms with van der Waals surface area (Å²) in [6.07, 6.45) is 0. The third kappa shape index (κ3) is 2.88. The molecule has 0 aromatic heterocycles. The van der Waals surface area contributed by atoms with Gasteiger partial charge in [-0.05, 0) is 43.3 Å². The highest BCUT2D eigenvalue weighted by molar-refractivity contribution is 5.99. The molecule has 3 nitrogen and oxygen atoms in total. The van der Waals surface area contributed by atoms with Gasteiger partial charge in [-0.3, -0.25) is 0 Å². The molecule has 2 N–H and O–H groups in total. The largest absolute Gasteiger partial charge is 0.497 e. The summed E-state index contributed by atoms with van der Waals surface area (Å²) < 4.78 is 5.10. The van der Waals surface area contributed by atoms with Crippen LogP contribution in [0.5, 0.6) is 5.75 Å². The maximum atomic E-state index is 5.97. The zero-order chi connectivity index (χ0) is 13.0. The van der Waals surface area contributed by atoms with Crippen molar-refractivity contribution in [3.8, 4) is 5.75 Å². The lowest BCUT2D eigenvalue weighted by Gasteiger charge is -2.03. The summed E-state index contributed by atoms with van der Waals surface area (Å²) in [7, 11) is 1.64. The molecule has 0 bridgehead atoms. The lowest BCUT2D eigenvalue weighted by atomic mass is 10.2. The van der Waals surface area contributed by atoms with Crippen molar-refractivity contribution in [1.29, 1.82) is 0 Å². The van der Waals surface area contributed by atoms with Crippen molar-refractivity contribution in [3.63, 3.8) is 0 Å². The molecule has 2 rings (SSSR count). The molecule has 0 saturated heterocycles. The molecule has 3 heteroatoms. The van der Waals surface area contributed by atoms with Gasteiger partial charge >= 0.3 is 0 Å². The lowest BCUT2D eigenvalue weighted by Crippen LogP contribution is -2.12. The van der Waals surface area contributed by atoms with Crippen molar-refractivity contribution in [2.45, 2.75) is 6.92 Å². The predicted octanol–water partition coefficient (Wildman–Crippen LogP) is 3.04. The molecular weight excluding hydrogens is 224 g/mol. The summed E-state index contributed by atoms with van der Waals surface area (Å²) in [6.45, 7) is 2.04. The lowest BCUT2D eigenvalue weighted by molar-refractivity contribution is 0.415. The summed E-state index contributed by atoms with van der Waals surface area (Å²) in [4.78, 5) is 4.38. The monoisotopic (exact) mass is 240 g/mol.